The molecule has 0 saturated heterocycles. The van der Waals surface area contributed by atoms with Crippen molar-refractivity contribution in [1.82, 2.24) is 0 Å². The Morgan fingerprint density at radius 3 is 2.81 bits per heavy atom. The fourth-order valence-electron chi connectivity index (χ4n) is 1.40. The van der Waals surface area contributed by atoms with Crippen LogP contribution in [0.1, 0.15) is 12.5 Å². The van der Waals surface area contributed by atoms with Gasteiger partial charge in [-0.15, -0.1) is 0 Å². The molecule has 0 aliphatic rings. The van der Waals surface area contributed by atoms with Crippen molar-refractivity contribution >= 4 is 11.7 Å². The second kappa shape index (κ2) is 5.49. The first kappa shape index (κ1) is 12.5. The molecule has 88 valence electrons. The van der Waals surface area contributed by atoms with Gasteiger partial charge in [-0.05, 0) is 18.6 Å². The number of ether oxygens (including phenoxy) is 1. The second-order valence-electron chi connectivity index (χ2n) is 3.74. The van der Waals surface area contributed by atoms with Crippen LogP contribution in [0.2, 0.25) is 0 Å². The summed E-state index contributed by atoms with van der Waals surface area (Å²) in [5, 5.41) is 2.92. The monoisotopic (exact) mass is 225 g/mol. The largest absolute Gasteiger partial charge is 0.469 e. The SMILES string of the molecule is COC(=O)C(C)CNc1c(C)cccc1F. The van der Waals surface area contributed by atoms with Crippen molar-refractivity contribution < 1.29 is 13.9 Å². The predicted octanol–water partition coefficient (Wildman–Crippen LogP) is 2.36. The molecule has 16 heavy (non-hydrogen) atoms. The van der Waals surface area contributed by atoms with Crippen LogP contribution < -0.4 is 5.32 Å². The number of para-hydroxylation sites is 1. The lowest BCUT2D eigenvalue weighted by Gasteiger charge is -2.13. The van der Waals surface area contributed by atoms with Crippen LogP contribution in [-0.4, -0.2) is 19.6 Å². The predicted molar refractivity (Wildman–Crippen MR) is 60.8 cm³/mol. The van der Waals surface area contributed by atoms with E-state index < -0.39 is 0 Å². The van der Waals surface area contributed by atoms with Crippen LogP contribution >= 0.6 is 0 Å². The molecule has 0 bridgehead atoms. The van der Waals surface area contributed by atoms with Gasteiger partial charge >= 0.3 is 5.97 Å². The fourth-order valence-corrected chi connectivity index (χ4v) is 1.40. The molecular formula is C12H16FNO2. The van der Waals surface area contributed by atoms with Crippen LogP contribution in [0.15, 0.2) is 18.2 Å². The zero-order chi connectivity index (χ0) is 12.1. The maximum absolute atomic E-state index is 13.4. The summed E-state index contributed by atoms with van der Waals surface area (Å²) < 4.78 is 18.0. The summed E-state index contributed by atoms with van der Waals surface area (Å²) in [6.07, 6.45) is 0. The third-order valence-corrected chi connectivity index (χ3v) is 2.41. The number of esters is 1. The Hall–Kier alpha value is -1.58. The average molecular weight is 225 g/mol. The molecule has 0 fully saturated rings. The van der Waals surface area contributed by atoms with E-state index in [1.54, 1.807) is 13.0 Å². The lowest BCUT2D eigenvalue weighted by atomic mass is 10.1. The van der Waals surface area contributed by atoms with Crippen molar-refractivity contribution in [3.63, 3.8) is 0 Å². The van der Waals surface area contributed by atoms with Crippen molar-refractivity contribution in [2.75, 3.05) is 19.0 Å². The van der Waals surface area contributed by atoms with Crippen molar-refractivity contribution in [3.05, 3.63) is 29.6 Å². The second-order valence-corrected chi connectivity index (χ2v) is 3.74. The number of carbonyl (C=O) groups excluding carboxylic acids is 1. The molecule has 0 aliphatic heterocycles. The number of methoxy groups -OCH3 is 1. The first-order valence-electron chi connectivity index (χ1n) is 5.13. The Morgan fingerprint density at radius 2 is 2.25 bits per heavy atom. The van der Waals surface area contributed by atoms with E-state index >= 15 is 0 Å². The molecule has 4 heteroatoms. The summed E-state index contributed by atoms with van der Waals surface area (Å²) in [6, 6.07) is 4.85. The number of hydrogen-bond donors (Lipinski definition) is 1. The molecule has 1 atom stereocenters. The third-order valence-electron chi connectivity index (χ3n) is 2.41. The van der Waals surface area contributed by atoms with Crippen molar-refractivity contribution in [2.45, 2.75) is 13.8 Å². The summed E-state index contributed by atoms with van der Waals surface area (Å²) in [5.74, 6) is -0.914. The molecule has 0 aromatic heterocycles. The highest BCUT2D eigenvalue weighted by molar-refractivity contribution is 5.72. The van der Waals surface area contributed by atoms with Crippen LogP contribution in [0.5, 0.6) is 0 Å². The van der Waals surface area contributed by atoms with Gasteiger partial charge in [0.05, 0.1) is 18.7 Å². The van der Waals surface area contributed by atoms with Gasteiger partial charge in [0.2, 0.25) is 0 Å². The summed E-state index contributed by atoms with van der Waals surface area (Å²) in [4.78, 5) is 11.1. The van der Waals surface area contributed by atoms with Crippen LogP contribution in [0.25, 0.3) is 0 Å². The first-order valence-corrected chi connectivity index (χ1v) is 5.13. The molecule has 0 amide bonds. The minimum absolute atomic E-state index is 0.302. The highest BCUT2D eigenvalue weighted by atomic mass is 19.1. The Labute approximate surface area is 94.6 Å². The lowest BCUT2D eigenvalue weighted by Crippen LogP contribution is -2.22. The highest BCUT2D eigenvalue weighted by Crippen LogP contribution is 2.18. The zero-order valence-electron chi connectivity index (χ0n) is 9.71. The van der Waals surface area contributed by atoms with E-state index in [2.05, 4.69) is 10.1 Å². The zero-order valence-corrected chi connectivity index (χ0v) is 9.71. The Bertz CT molecular complexity index is 359. The fraction of sp³-hybridized carbons (Fsp3) is 0.417. The van der Waals surface area contributed by atoms with E-state index in [4.69, 9.17) is 0 Å². The number of halogens is 1. The molecule has 3 nitrogen and oxygen atoms in total. The number of carbonyl (C=O) groups is 1. The van der Waals surface area contributed by atoms with Crippen LogP contribution in [0.3, 0.4) is 0 Å². The number of nitrogens with one attached hydrogen (secondary N) is 1. The number of hydrogen-bond acceptors (Lipinski definition) is 3. The Balaban J connectivity index is 2.64. The molecule has 1 rings (SSSR count). The van der Waals surface area contributed by atoms with Gasteiger partial charge in [0.25, 0.3) is 0 Å². The number of anilines is 1. The maximum atomic E-state index is 13.4. The summed E-state index contributed by atoms with van der Waals surface area (Å²) in [7, 11) is 1.34. The van der Waals surface area contributed by atoms with E-state index in [1.165, 1.54) is 13.2 Å². The highest BCUT2D eigenvalue weighted by Gasteiger charge is 2.14. The van der Waals surface area contributed by atoms with Crippen molar-refractivity contribution in [3.8, 4) is 0 Å². The van der Waals surface area contributed by atoms with E-state index in [-0.39, 0.29) is 17.7 Å². The standard InChI is InChI=1S/C12H16FNO2/c1-8-5-4-6-10(13)11(8)14-7-9(2)12(15)16-3/h4-6,9,14H,7H2,1-3H3. The van der Waals surface area contributed by atoms with Crippen LogP contribution in [0.4, 0.5) is 10.1 Å². The molecule has 1 aromatic carbocycles. The Kier molecular flexibility index (Phi) is 4.28. The molecule has 0 aliphatic carbocycles. The topological polar surface area (TPSA) is 38.3 Å². The first-order chi connectivity index (χ1) is 7.56. The van der Waals surface area contributed by atoms with Gasteiger partial charge in [-0.1, -0.05) is 19.1 Å². The molecule has 0 heterocycles. The Morgan fingerprint density at radius 1 is 1.56 bits per heavy atom. The normalized spacial score (nSPS) is 12.0. The minimum Gasteiger partial charge on any atom is -0.469 e. The van der Waals surface area contributed by atoms with E-state index in [0.717, 1.165) is 5.56 Å². The summed E-state index contributed by atoms with van der Waals surface area (Å²) in [5.41, 5.74) is 1.26. The molecule has 1 N–H and O–H groups in total. The van der Waals surface area contributed by atoms with Crippen LogP contribution in [0, 0.1) is 18.7 Å². The van der Waals surface area contributed by atoms with Crippen molar-refractivity contribution in [1.29, 1.82) is 0 Å². The third kappa shape index (κ3) is 2.95. The quantitative estimate of drug-likeness (QED) is 0.799. The van der Waals surface area contributed by atoms with Gasteiger partial charge in [0.1, 0.15) is 5.82 Å². The van der Waals surface area contributed by atoms with Gasteiger partial charge in [-0.3, -0.25) is 4.79 Å². The molecule has 0 spiro atoms. The van der Waals surface area contributed by atoms with E-state index in [0.29, 0.717) is 12.2 Å². The molecule has 1 unspecified atom stereocenters. The van der Waals surface area contributed by atoms with Gasteiger partial charge < -0.3 is 10.1 Å². The lowest BCUT2D eigenvalue weighted by molar-refractivity contribution is -0.144. The number of benzene rings is 1. The van der Waals surface area contributed by atoms with Gasteiger partial charge in [0.15, 0.2) is 0 Å². The van der Waals surface area contributed by atoms with E-state index in [9.17, 15) is 9.18 Å². The van der Waals surface area contributed by atoms with Gasteiger partial charge in [-0.25, -0.2) is 4.39 Å². The summed E-state index contributed by atoms with van der Waals surface area (Å²) >= 11 is 0. The molecule has 0 radical (unpaired) electrons. The molecule has 1 aromatic rings. The van der Waals surface area contributed by atoms with E-state index in [1.807, 2.05) is 13.0 Å². The molecular weight excluding hydrogens is 209 g/mol. The maximum Gasteiger partial charge on any atom is 0.310 e. The van der Waals surface area contributed by atoms with Crippen molar-refractivity contribution in [2.24, 2.45) is 5.92 Å². The average Bonchev–Trinajstić information content (AvgIpc) is 2.27. The minimum atomic E-state index is -0.308. The van der Waals surface area contributed by atoms with Gasteiger partial charge in [0, 0.05) is 6.54 Å². The van der Waals surface area contributed by atoms with Crippen LogP contribution in [-0.2, 0) is 9.53 Å². The van der Waals surface area contributed by atoms with Gasteiger partial charge in [-0.2, -0.15) is 0 Å². The smallest absolute Gasteiger partial charge is 0.310 e. The number of aryl methyl sites for hydroxylation is 1. The summed E-state index contributed by atoms with van der Waals surface area (Å²) in [6.45, 7) is 3.90. The molecule has 0 saturated carbocycles. The number of rotatable bonds is 4.